The Hall–Kier alpha value is -0.940. The zero-order chi connectivity index (χ0) is 18.1. The SMILES string of the molecule is CC(C)(C)OOCCCc1cccc(CCCOOC(C)(C)C)c1. The van der Waals surface area contributed by atoms with Gasteiger partial charge in [-0.3, -0.25) is 0 Å². The summed E-state index contributed by atoms with van der Waals surface area (Å²) in [5.41, 5.74) is 2.16. The number of rotatable bonds is 10. The smallest absolute Gasteiger partial charge is 0.0952 e. The molecule has 0 aromatic heterocycles. The molecule has 0 saturated heterocycles. The second-order valence-corrected chi connectivity index (χ2v) is 8.06. The van der Waals surface area contributed by atoms with Gasteiger partial charge in [0.2, 0.25) is 0 Å². The standard InChI is InChI=1S/C20H34O4/c1-19(2,3)23-21-14-8-12-17-10-7-11-18(16-17)13-9-15-22-24-20(4,5)6/h7,10-11,16H,8-9,12-15H2,1-6H3. The van der Waals surface area contributed by atoms with Gasteiger partial charge in [0, 0.05) is 0 Å². The summed E-state index contributed by atoms with van der Waals surface area (Å²) in [6, 6.07) is 8.69. The van der Waals surface area contributed by atoms with Gasteiger partial charge in [-0.15, -0.1) is 0 Å². The van der Waals surface area contributed by atoms with Crippen molar-refractivity contribution in [2.45, 2.75) is 78.4 Å². The lowest BCUT2D eigenvalue weighted by molar-refractivity contribution is -0.348. The average Bonchev–Trinajstić information content (AvgIpc) is 2.44. The van der Waals surface area contributed by atoms with Gasteiger partial charge in [0.25, 0.3) is 0 Å². The second kappa shape index (κ2) is 10.1. The zero-order valence-electron chi connectivity index (χ0n) is 16.2. The minimum absolute atomic E-state index is 0.251. The van der Waals surface area contributed by atoms with Crippen LogP contribution in [0.4, 0.5) is 0 Å². The van der Waals surface area contributed by atoms with E-state index in [2.05, 4.69) is 24.3 Å². The molecule has 0 heterocycles. The van der Waals surface area contributed by atoms with Crippen LogP contribution in [0.3, 0.4) is 0 Å². The molecule has 4 heteroatoms. The predicted octanol–water partition coefficient (Wildman–Crippen LogP) is 5.05. The predicted molar refractivity (Wildman–Crippen MR) is 96.7 cm³/mol. The van der Waals surface area contributed by atoms with E-state index in [0.29, 0.717) is 13.2 Å². The van der Waals surface area contributed by atoms with Gasteiger partial charge in [0.15, 0.2) is 0 Å². The largest absolute Gasteiger partial charge is 0.236 e. The molecule has 0 atom stereocenters. The van der Waals surface area contributed by atoms with Crippen LogP contribution >= 0.6 is 0 Å². The molecule has 0 aliphatic rings. The third kappa shape index (κ3) is 11.6. The fourth-order valence-electron chi connectivity index (χ4n) is 2.05. The van der Waals surface area contributed by atoms with Gasteiger partial charge in [-0.2, -0.15) is 0 Å². The zero-order valence-corrected chi connectivity index (χ0v) is 16.2. The van der Waals surface area contributed by atoms with Gasteiger partial charge >= 0.3 is 0 Å². The molecule has 1 rings (SSSR count). The molecule has 0 radical (unpaired) electrons. The summed E-state index contributed by atoms with van der Waals surface area (Å²) in [5.74, 6) is 0. The Bertz CT molecular complexity index is 418. The van der Waals surface area contributed by atoms with Crippen molar-refractivity contribution < 1.29 is 19.6 Å². The van der Waals surface area contributed by atoms with Crippen molar-refractivity contribution in [1.29, 1.82) is 0 Å². The molecular formula is C20H34O4. The maximum Gasteiger partial charge on any atom is 0.0952 e. The lowest BCUT2D eigenvalue weighted by Crippen LogP contribution is -2.19. The molecule has 138 valence electrons. The van der Waals surface area contributed by atoms with Gasteiger partial charge in [0.1, 0.15) is 0 Å². The van der Waals surface area contributed by atoms with Crippen LogP contribution in [-0.4, -0.2) is 24.4 Å². The van der Waals surface area contributed by atoms with Crippen LogP contribution in [0, 0.1) is 0 Å². The highest BCUT2D eigenvalue weighted by Gasteiger charge is 2.11. The Balaban J connectivity index is 2.21. The lowest BCUT2D eigenvalue weighted by atomic mass is 10.0. The highest BCUT2D eigenvalue weighted by Crippen LogP contribution is 2.12. The molecule has 0 fully saturated rings. The Kier molecular flexibility index (Phi) is 8.92. The van der Waals surface area contributed by atoms with Gasteiger partial charge in [0.05, 0.1) is 24.4 Å². The van der Waals surface area contributed by atoms with Crippen LogP contribution < -0.4 is 0 Å². The highest BCUT2D eigenvalue weighted by atomic mass is 17.2. The molecule has 1 aromatic rings. The van der Waals surface area contributed by atoms with E-state index in [1.54, 1.807) is 0 Å². The van der Waals surface area contributed by atoms with Crippen molar-refractivity contribution in [1.82, 2.24) is 0 Å². The van der Waals surface area contributed by atoms with Crippen molar-refractivity contribution in [3.05, 3.63) is 35.4 Å². The summed E-state index contributed by atoms with van der Waals surface area (Å²) in [5, 5.41) is 0. The third-order valence-corrected chi connectivity index (χ3v) is 3.00. The number of benzene rings is 1. The Labute approximate surface area is 147 Å². The first kappa shape index (κ1) is 21.1. The normalized spacial score (nSPS) is 12.6. The molecule has 0 spiro atoms. The molecule has 1 aromatic carbocycles. The van der Waals surface area contributed by atoms with Gasteiger partial charge < -0.3 is 0 Å². The first-order chi connectivity index (χ1) is 11.2. The molecule has 0 aliphatic carbocycles. The van der Waals surface area contributed by atoms with Crippen LogP contribution in [0.15, 0.2) is 24.3 Å². The van der Waals surface area contributed by atoms with Crippen LogP contribution in [0.2, 0.25) is 0 Å². The van der Waals surface area contributed by atoms with E-state index < -0.39 is 0 Å². The lowest BCUT2D eigenvalue weighted by Gasteiger charge is -2.17. The molecule has 0 unspecified atom stereocenters. The Morgan fingerprint density at radius 2 is 1.12 bits per heavy atom. The average molecular weight is 338 g/mol. The first-order valence-corrected chi connectivity index (χ1v) is 8.85. The van der Waals surface area contributed by atoms with E-state index in [1.165, 1.54) is 11.1 Å². The van der Waals surface area contributed by atoms with Crippen LogP contribution in [0.5, 0.6) is 0 Å². The molecule has 0 saturated carbocycles. The van der Waals surface area contributed by atoms with Crippen molar-refractivity contribution in [3.8, 4) is 0 Å². The van der Waals surface area contributed by atoms with E-state index in [9.17, 15) is 0 Å². The van der Waals surface area contributed by atoms with E-state index in [4.69, 9.17) is 19.6 Å². The number of aryl methyl sites for hydroxylation is 2. The molecule has 0 aliphatic heterocycles. The summed E-state index contributed by atoms with van der Waals surface area (Å²) < 4.78 is 0. The van der Waals surface area contributed by atoms with Crippen molar-refractivity contribution >= 4 is 0 Å². The van der Waals surface area contributed by atoms with Crippen LogP contribution in [0.1, 0.15) is 65.5 Å². The summed E-state index contributed by atoms with van der Waals surface area (Å²) in [6.07, 6.45) is 3.88. The highest BCUT2D eigenvalue weighted by molar-refractivity contribution is 5.23. The van der Waals surface area contributed by atoms with Crippen molar-refractivity contribution in [3.63, 3.8) is 0 Å². The van der Waals surface area contributed by atoms with Gasteiger partial charge in [-0.25, -0.2) is 19.6 Å². The summed E-state index contributed by atoms with van der Waals surface area (Å²) in [4.78, 5) is 21.0. The topological polar surface area (TPSA) is 36.9 Å². The van der Waals surface area contributed by atoms with E-state index in [-0.39, 0.29) is 11.2 Å². The van der Waals surface area contributed by atoms with E-state index in [1.807, 2.05) is 41.5 Å². The second-order valence-electron chi connectivity index (χ2n) is 8.06. The molecule has 4 nitrogen and oxygen atoms in total. The molecular weight excluding hydrogens is 304 g/mol. The maximum atomic E-state index is 5.27. The molecule has 0 amide bonds. The maximum absolute atomic E-state index is 5.27. The van der Waals surface area contributed by atoms with E-state index >= 15 is 0 Å². The first-order valence-electron chi connectivity index (χ1n) is 8.85. The fraction of sp³-hybridized carbons (Fsp3) is 0.700. The Morgan fingerprint density at radius 1 is 0.708 bits per heavy atom. The van der Waals surface area contributed by atoms with Gasteiger partial charge in [-0.1, -0.05) is 24.3 Å². The monoisotopic (exact) mass is 338 g/mol. The van der Waals surface area contributed by atoms with Gasteiger partial charge in [-0.05, 0) is 78.4 Å². The minimum Gasteiger partial charge on any atom is -0.236 e. The Morgan fingerprint density at radius 3 is 1.50 bits per heavy atom. The van der Waals surface area contributed by atoms with Crippen LogP contribution in [0.25, 0.3) is 0 Å². The summed E-state index contributed by atoms with van der Waals surface area (Å²) >= 11 is 0. The van der Waals surface area contributed by atoms with Crippen molar-refractivity contribution in [2.24, 2.45) is 0 Å². The molecule has 0 N–H and O–H groups in total. The number of hydrogen-bond acceptors (Lipinski definition) is 4. The third-order valence-electron chi connectivity index (χ3n) is 3.00. The molecule has 0 bridgehead atoms. The summed E-state index contributed by atoms with van der Waals surface area (Å²) in [7, 11) is 0. The fourth-order valence-corrected chi connectivity index (χ4v) is 2.05. The minimum atomic E-state index is -0.251. The van der Waals surface area contributed by atoms with Crippen LogP contribution in [-0.2, 0) is 32.4 Å². The number of hydrogen-bond donors (Lipinski definition) is 0. The quantitative estimate of drug-likeness (QED) is 0.340. The summed E-state index contributed by atoms with van der Waals surface area (Å²) in [6.45, 7) is 13.1. The van der Waals surface area contributed by atoms with E-state index in [0.717, 1.165) is 25.7 Å². The molecule has 24 heavy (non-hydrogen) atoms. The van der Waals surface area contributed by atoms with Crippen molar-refractivity contribution in [2.75, 3.05) is 13.2 Å².